The van der Waals surface area contributed by atoms with Crippen LogP contribution in [0.2, 0.25) is 15.1 Å². The molecule has 1 aromatic rings. The van der Waals surface area contributed by atoms with Crippen LogP contribution in [0.5, 0.6) is 0 Å². The maximum absolute atomic E-state index is 11.7. The van der Waals surface area contributed by atoms with E-state index >= 15 is 0 Å². The first-order valence-electron chi connectivity index (χ1n) is 4.95. The highest BCUT2D eigenvalue weighted by Gasteiger charge is 2.16. The Bertz CT molecular complexity index is 460. The molecule has 0 atom stereocenters. The summed E-state index contributed by atoms with van der Waals surface area (Å²) in [7, 11) is 0. The average Bonchev–Trinajstić information content (AvgIpc) is 2.26. The molecule has 0 heterocycles. The van der Waals surface area contributed by atoms with Gasteiger partial charge in [-0.1, -0.05) is 41.7 Å². The lowest BCUT2D eigenvalue weighted by Crippen LogP contribution is -2.30. The second kappa shape index (κ2) is 6.24. The van der Waals surface area contributed by atoms with Gasteiger partial charge in [-0.25, -0.2) is 0 Å². The summed E-state index contributed by atoms with van der Waals surface area (Å²) in [4.78, 5) is 23.0. The molecule has 0 aliphatic rings. The molecule has 0 fully saturated rings. The predicted molar refractivity (Wildman–Crippen MR) is 68.9 cm³/mol. The third-order valence-corrected chi connectivity index (χ3v) is 3.30. The number of hydrogen-bond donors (Lipinski definition) is 1. The topological polar surface area (TPSA) is 46.2 Å². The fourth-order valence-corrected chi connectivity index (χ4v) is 1.81. The van der Waals surface area contributed by atoms with Crippen LogP contribution in [0.1, 0.15) is 30.1 Å². The van der Waals surface area contributed by atoms with Crippen molar-refractivity contribution in [3.05, 3.63) is 32.8 Å². The Morgan fingerprint density at radius 3 is 2.41 bits per heavy atom. The lowest BCUT2D eigenvalue weighted by molar-refractivity contribution is -0.120. The molecule has 1 rings (SSSR count). The highest BCUT2D eigenvalue weighted by atomic mass is 35.5. The van der Waals surface area contributed by atoms with E-state index in [1.54, 1.807) is 0 Å². The molecule has 6 heteroatoms. The summed E-state index contributed by atoms with van der Waals surface area (Å²) in [6, 6.07) is 2.88. The first kappa shape index (κ1) is 14.3. The van der Waals surface area contributed by atoms with E-state index in [1.807, 2.05) is 6.92 Å². The van der Waals surface area contributed by atoms with Crippen LogP contribution in [-0.4, -0.2) is 11.8 Å². The van der Waals surface area contributed by atoms with Gasteiger partial charge in [-0.05, 0) is 18.6 Å². The fourth-order valence-electron chi connectivity index (χ4n) is 1.18. The van der Waals surface area contributed by atoms with Gasteiger partial charge in [0.25, 0.3) is 5.91 Å². The van der Waals surface area contributed by atoms with Gasteiger partial charge in [-0.2, -0.15) is 0 Å². The Balaban J connectivity index is 2.90. The van der Waals surface area contributed by atoms with Gasteiger partial charge >= 0.3 is 0 Å². The number of carbonyl (C=O) groups excluding carboxylic acids is 2. The van der Waals surface area contributed by atoms with Gasteiger partial charge in [0.1, 0.15) is 0 Å². The zero-order chi connectivity index (χ0) is 13.0. The van der Waals surface area contributed by atoms with Crippen molar-refractivity contribution < 1.29 is 9.59 Å². The van der Waals surface area contributed by atoms with E-state index in [2.05, 4.69) is 5.32 Å². The standard InChI is InChI=1S/C11H10Cl3NO2/c1-2-3-8(16)15-11(17)6-4-5-7(12)10(14)9(6)13/h4-5H,2-3H2,1H3,(H,15,16,17). The zero-order valence-electron chi connectivity index (χ0n) is 9.02. The van der Waals surface area contributed by atoms with Gasteiger partial charge in [0.15, 0.2) is 0 Å². The summed E-state index contributed by atoms with van der Waals surface area (Å²) < 4.78 is 0. The molecule has 1 aromatic carbocycles. The first-order valence-corrected chi connectivity index (χ1v) is 6.08. The van der Waals surface area contributed by atoms with E-state index in [-0.39, 0.29) is 33.0 Å². The number of hydrogen-bond acceptors (Lipinski definition) is 2. The van der Waals surface area contributed by atoms with Crippen LogP contribution >= 0.6 is 34.8 Å². The minimum atomic E-state index is -0.577. The third-order valence-electron chi connectivity index (χ3n) is 2.01. The summed E-state index contributed by atoms with van der Waals surface area (Å²) in [5, 5.41) is 2.62. The number of benzene rings is 1. The Morgan fingerprint density at radius 2 is 1.82 bits per heavy atom. The highest BCUT2D eigenvalue weighted by Crippen LogP contribution is 2.32. The van der Waals surface area contributed by atoms with Crippen molar-refractivity contribution in [2.24, 2.45) is 0 Å². The summed E-state index contributed by atoms with van der Waals surface area (Å²) in [5.41, 5.74) is 0.130. The normalized spacial score (nSPS) is 10.1. The minimum absolute atomic E-state index is 0.0426. The molecule has 1 N–H and O–H groups in total. The Morgan fingerprint density at radius 1 is 1.18 bits per heavy atom. The first-order chi connectivity index (χ1) is 7.97. The van der Waals surface area contributed by atoms with Crippen LogP contribution in [-0.2, 0) is 4.79 Å². The van der Waals surface area contributed by atoms with E-state index in [0.717, 1.165) is 0 Å². The van der Waals surface area contributed by atoms with Gasteiger partial charge in [0, 0.05) is 6.42 Å². The van der Waals surface area contributed by atoms with Crippen molar-refractivity contribution in [2.75, 3.05) is 0 Å². The van der Waals surface area contributed by atoms with Gasteiger partial charge in [0.2, 0.25) is 5.91 Å². The maximum atomic E-state index is 11.7. The van der Waals surface area contributed by atoms with E-state index < -0.39 is 5.91 Å². The van der Waals surface area contributed by atoms with Crippen molar-refractivity contribution >= 4 is 46.6 Å². The second-order valence-electron chi connectivity index (χ2n) is 3.35. The van der Waals surface area contributed by atoms with Crippen LogP contribution in [0.4, 0.5) is 0 Å². The molecule has 0 saturated heterocycles. The lowest BCUT2D eigenvalue weighted by atomic mass is 10.2. The van der Waals surface area contributed by atoms with Crippen LogP contribution in [0, 0.1) is 0 Å². The zero-order valence-corrected chi connectivity index (χ0v) is 11.3. The third kappa shape index (κ3) is 3.60. The van der Waals surface area contributed by atoms with Gasteiger partial charge in [0.05, 0.1) is 20.6 Å². The minimum Gasteiger partial charge on any atom is -0.292 e. The molecule has 3 nitrogen and oxygen atoms in total. The molecule has 0 saturated carbocycles. The fraction of sp³-hybridized carbons (Fsp3) is 0.273. The molecule has 0 aliphatic carbocycles. The molecule has 17 heavy (non-hydrogen) atoms. The number of imide groups is 1. The van der Waals surface area contributed by atoms with Crippen molar-refractivity contribution in [1.29, 1.82) is 0 Å². The maximum Gasteiger partial charge on any atom is 0.259 e. The van der Waals surface area contributed by atoms with E-state index in [1.165, 1.54) is 12.1 Å². The number of halogens is 3. The monoisotopic (exact) mass is 293 g/mol. The van der Waals surface area contributed by atoms with Gasteiger partial charge in [-0.3, -0.25) is 14.9 Å². The summed E-state index contributed by atoms with van der Waals surface area (Å²) >= 11 is 17.4. The summed E-state index contributed by atoms with van der Waals surface area (Å²) in [5.74, 6) is -0.924. The Kier molecular flexibility index (Phi) is 5.25. The highest BCUT2D eigenvalue weighted by molar-refractivity contribution is 6.49. The molecule has 0 radical (unpaired) electrons. The molecule has 0 aromatic heterocycles. The number of carbonyl (C=O) groups is 2. The van der Waals surface area contributed by atoms with Gasteiger partial charge < -0.3 is 0 Å². The SMILES string of the molecule is CCCC(=O)NC(=O)c1ccc(Cl)c(Cl)c1Cl. The number of amides is 2. The van der Waals surface area contributed by atoms with Crippen molar-refractivity contribution in [1.82, 2.24) is 5.32 Å². The van der Waals surface area contributed by atoms with Crippen molar-refractivity contribution in [3.8, 4) is 0 Å². The van der Waals surface area contributed by atoms with Crippen LogP contribution in [0.3, 0.4) is 0 Å². The summed E-state index contributed by atoms with van der Waals surface area (Å²) in [6.45, 7) is 1.84. The number of rotatable bonds is 3. The van der Waals surface area contributed by atoms with Gasteiger partial charge in [-0.15, -0.1) is 0 Å². The average molecular weight is 295 g/mol. The quantitative estimate of drug-likeness (QED) is 0.864. The van der Waals surface area contributed by atoms with E-state index in [0.29, 0.717) is 6.42 Å². The molecule has 2 amide bonds. The number of nitrogens with one attached hydrogen (secondary N) is 1. The Labute approximate surface area is 114 Å². The lowest BCUT2D eigenvalue weighted by Gasteiger charge is -2.07. The molecule has 0 bridgehead atoms. The molecule has 0 unspecified atom stereocenters. The largest absolute Gasteiger partial charge is 0.292 e. The molecule has 0 aliphatic heterocycles. The van der Waals surface area contributed by atoms with Crippen LogP contribution < -0.4 is 5.32 Å². The van der Waals surface area contributed by atoms with Crippen molar-refractivity contribution in [2.45, 2.75) is 19.8 Å². The smallest absolute Gasteiger partial charge is 0.259 e. The van der Waals surface area contributed by atoms with Crippen LogP contribution in [0.15, 0.2) is 12.1 Å². The van der Waals surface area contributed by atoms with E-state index in [4.69, 9.17) is 34.8 Å². The molecular weight excluding hydrogens is 284 g/mol. The molecular formula is C11H10Cl3NO2. The summed E-state index contributed by atoms with van der Waals surface area (Å²) in [6.07, 6.45) is 0.943. The van der Waals surface area contributed by atoms with Crippen LogP contribution in [0.25, 0.3) is 0 Å². The molecule has 92 valence electrons. The predicted octanol–water partition coefficient (Wildman–Crippen LogP) is 3.70. The van der Waals surface area contributed by atoms with Crippen molar-refractivity contribution in [3.63, 3.8) is 0 Å². The second-order valence-corrected chi connectivity index (χ2v) is 4.51. The molecule has 0 spiro atoms. The Hall–Kier alpha value is -0.770. The van der Waals surface area contributed by atoms with E-state index in [9.17, 15) is 9.59 Å².